The molecule has 0 aliphatic carbocycles. The zero-order chi connectivity index (χ0) is 17.2. The lowest BCUT2D eigenvalue weighted by atomic mass is 10.0. The van der Waals surface area contributed by atoms with Crippen molar-refractivity contribution in [2.75, 3.05) is 39.2 Å². The number of benzene rings is 2. The third-order valence-electron chi connectivity index (χ3n) is 5.43. The van der Waals surface area contributed by atoms with Crippen LogP contribution in [0.15, 0.2) is 30.3 Å². The van der Waals surface area contributed by atoms with Gasteiger partial charge in [-0.2, -0.15) is 0 Å². The van der Waals surface area contributed by atoms with Crippen molar-refractivity contribution in [3.63, 3.8) is 0 Å². The fourth-order valence-corrected chi connectivity index (χ4v) is 4.04. The average Bonchev–Trinajstić information content (AvgIpc) is 3.05. The van der Waals surface area contributed by atoms with E-state index in [1.807, 2.05) is 0 Å². The summed E-state index contributed by atoms with van der Waals surface area (Å²) in [7, 11) is 3.41. The van der Waals surface area contributed by atoms with Crippen LogP contribution in [0.5, 0.6) is 11.5 Å². The van der Waals surface area contributed by atoms with E-state index in [2.05, 4.69) is 40.5 Å². The van der Waals surface area contributed by atoms with Gasteiger partial charge in [-0.3, -0.25) is 4.90 Å². The van der Waals surface area contributed by atoms with E-state index in [1.54, 1.807) is 14.2 Å². The molecule has 0 radical (unpaired) electrons. The van der Waals surface area contributed by atoms with Crippen molar-refractivity contribution in [1.82, 2.24) is 4.90 Å². The number of methoxy groups -OCH3 is 2. The van der Waals surface area contributed by atoms with Gasteiger partial charge in [0.2, 0.25) is 0 Å². The van der Waals surface area contributed by atoms with Gasteiger partial charge >= 0.3 is 0 Å². The maximum atomic E-state index is 5.47. The minimum Gasteiger partial charge on any atom is -0.493 e. The molecule has 0 bridgehead atoms. The fourth-order valence-electron chi connectivity index (χ4n) is 4.04. The second-order valence-corrected chi connectivity index (χ2v) is 6.88. The minimum absolute atomic E-state index is 0.833. The maximum Gasteiger partial charge on any atom is 0.161 e. The Balaban J connectivity index is 1.51. The van der Waals surface area contributed by atoms with E-state index in [0.717, 1.165) is 56.9 Å². The Hall–Kier alpha value is -2.20. The van der Waals surface area contributed by atoms with Crippen LogP contribution in [0.2, 0.25) is 0 Å². The molecule has 0 aromatic heterocycles. The minimum atomic E-state index is 0.833. The van der Waals surface area contributed by atoms with Gasteiger partial charge in [0, 0.05) is 31.9 Å². The number of para-hydroxylation sites is 1. The van der Waals surface area contributed by atoms with Gasteiger partial charge < -0.3 is 14.8 Å². The van der Waals surface area contributed by atoms with E-state index >= 15 is 0 Å². The van der Waals surface area contributed by atoms with Gasteiger partial charge in [0.05, 0.1) is 14.2 Å². The molecule has 0 atom stereocenters. The zero-order valence-electron chi connectivity index (χ0n) is 15.1. The summed E-state index contributed by atoms with van der Waals surface area (Å²) in [6.45, 7) is 4.23. The SMILES string of the molecule is COc1cc2c(cc1OC)CCN(Cc1cccc3c1NCC3)CC2. The van der Waals surface area contributed by atoms with Crippen molar-refractivity contribution in [3.8, 4) is 11.5 Å². The van der Waals surface area contributed by atoms with Crippen LogP contribution in [0.1, 0.15) is 22.3 Å². The molecule has 2 aliphatic rings. The third-order valence-corrected chi connectivity index (χ3v) is 5.43. The van der Waals surface area contributed by atoms with Gasteiger partial charge in [-0.05, 0) is 53.6 Å². The number of hydrogen-bond donors (Lipinski definition) is 1. The Bertz CT molecular complexity index is 738. The first-order valence-corrected chi connectivity index (χ1v) is 9.09. The number of ether oxygens (including phenoxy) is 2. The number of rotatable bonds is 4. The summed E-state index contributed by atoms with van der Waals surface area (Å²) in [6.07, 6.45) is 3.25. The Morgan fingerprint density at radius 2 is 1.60 bits per heavy atom. The average molecular weight is 338 g/mol. The standard InChI is InChI=1S/C21H26N2O2/c1-24-19-12-16-7-10-23(11-8-17(16)13-20(19)25-2)14-18-5-3-4-15-6-9-22-21(15)18/h3-5,12-13,22H,6-11,14H2,1-2H3. The van der Waals surface area contributed by atoms with E-state index < -0.39 is 0 Å². The summed E-state index contributed by atoms with van der Waals surface area (Å²) in [5.74, 6) is 1.67. The van der Waals surface area contributed by atoms with Gasteiger partial charge in [0.15, 0.2) is 11.5 Å². The van der Waals surface area contributed by atoms with Crippen molar-refractivity contribution in [3.05, 3.63) is 52.6 Å². The van der Waals surface area contributed by atoms with Crippen LogP contribution < -0.4 is 14.8 Å². The summed E-state index contributed by atoms with van der Waals surface area (Å²) in [5, 5.41) is 3.56. The number of fused-ring (bicyclic) bond motifs is 2. The number of hydrogen-bond acceptors (Lipinski definition) is 4. The molecule has 132 valence electrons. The van der Waals surface area contributed by atoms with E-state index in [9.17, 15) is 0 Å². The van der Waals surface area contributed by atoms with Crippen LogP contribution in [0.4, 0.5) is 5.69 Å². The van der Waals surface area contributed by atoms with Crippen molar-refractivity contribution >= 4 is 5.69 Å². The highest BCUT2D eigenvalue weighted by molar-refractivity contribution is 5.61. The highest BCUT2D eigenvalue weighted by Crippen LogP contribution is 2.33. The first-order chi connectivity index (χ1) is 12.3. The Kier molecular flexibility index (Phi) is 4.53. The van der Waals surface area contributed by atoms with Gasteiger partial charge in [0.1, 0.15) is 0 Å². The largest absolute Gasteiger partial charge is 0.493 e. The van der Waals surface area contributed by atoms with Crippen LogP contribution in [0.25, 0.3) is 0 Å². The molecule has 0 unspecified atom stereocenters. The Labute approximate surface area is 149 Å². The normalized spacial score (nSPS) is 16.6. The van der Waals surface area contributed by atoms with E-state index in [-0.39, 0.29) is 0 Å². The van der Waals surface area contributed by atoms with Gasteiger partial charge in [-0.1, -0.05) is 18.2 Å². The molecule has 1 N–H and O–H groups in total. The first-order valence-electron chi connectivity index (χ1n) is 9.09. The molecule has 0 saturated carbocycles. The summed E-state index contributed by atoms with van der Waals surface area (Å²) in [6, 6.07) is 11.0. The molecular weight excluding hydrogens is 312 g/mol. The van der Waals surface area contributed by atoms with Gasteiger partial charge in [-0.25, -0.2) is 0 Å². The molecular formula is C21H26N2O2. The van der Waals surface area contributed by atoms with Crippen LogP contribution in [0, 0.1) is 0 Å². The molecule has 4 nitrogen and oxygen atoms in total. The lowest BCUT2D eigenvalue weighted by molar-refractivity contribution is 0.279. The summed E-state index contributed by atoms with van der Waals surface area (Å²) in [5.41, 5.74) is 7.03. The first kappa shape index (κ1) is 16.3. The van der Waals surface area contributed by atoms with E-state index in [1.165, 1.54) is 27.9 Å². The molecule has 2 aromatic rings. The highest BCUT2D eigenvalue weighted by Gasteiger charge is 2.20. The summed E-state index contributed by atoms with van der Waals surface area (Å²) < 4.78 is 10.9. The summed E-state index contributed by atoms with van der Waals surface area (Å²) in [4.78, 5) is 2.56. The predicted molar refractivity (Wildman–Crippen MR) is 101 cm³/mol. The quantitative estimate of drug-likeness (QED) is 0.928. The van der Waals surface area contributed by atoms with Crippen molar-refractivity contribution in [2.24, 2.45) is 0 Å². The lowest BCUT2D eigenvalue weighted by Gasteiger charge is -2.21. The van der Waals surface area contributed by atoms with Crippen LogP contribution >= 0.6 is 0 Å². The number of anilines is 1. The second-order valence-electron chi connectivity index (χ2n) is 6.88. The fraction of sp³-hybridized carbons (Fsp3) is 0.429. The van der Waals surface area contributed by atoms with E-state index in [0.29, 0.717) is 0 Å². The molecule has 0 fully saturated rings. The van der Waals surface area contributed by atoms with Crippen molar-refractivity contribution in [1.29, 1.82) is 0 Å². The molecule has 25 heavy (non-hydrogen) atoms. The van der Waals surface area contributed by atoms with Crippen LogP contribution in [-0.4, -0.2) is 38.8 Å². The predicted octanol–water partition coefficient (Wildman–Crippen LogP) is 3.27. The van der Waals surface area contributed by atoms with Gasteiger partial charge in [0.25, 0.3) is 0 Å². The molecule has 2 heterocycles. The molecule has 4 heteroatoms. The smallest absolute Gasteiger partial charge is 0.161 e. The van der Waals surface area contributed by atoms with Crippen LogP contribution in [0.3, 0.4) is 0 Å². The topological polar surface area (TPSA) is 33.7 Å². The molecule has 2 aromatic carbocycles. The zero-order valence-corrected chi connectivity index (χ0v) is 15.1. The molecule has 0 spiro atoms. The Morgan fingerprint density at radius 1 is 0.920 bits per heavy atom. The Morgan fingerprint density at radius 3 is 2.24 bits per heavy atom. The molecule has 4 rings (SSSR count). The monoisotopic (exact) mass is 338 g/mol. The van der Waals surface area contributed by atoms with Crippen LogP contribution in [-0.2, 0) is 25.8 Å². The maximum absolute atomic E-state index is 5.47. The lowest BCUT2D eigenvalue weighted by Crippen LogP contribution is -2.26. The summed E-state index contributed by atoms with van der Waals surface area (Å²) >= 11 is 0. The molecule has 0 saturated heterocycles. The van der Waals surface area contributed by atoms with Crippen molar-refractivity contribution < 1.29 is 9.47 Å². The number of nitrogens with zero attached hydrogens (tertiary/aromatic N) is 1. The van der Waals surface area contributed by atoms with E-state index in [4.69, 9.17) is 9.47 Å². The molecule has 0 amide bonds. The number of nitrogens with one attached hydrogen (secondary N) is 1. The van der Waals surface area contributed by atoms with Crippen molar-refractivity contribution in [2.45, 2.75) is 25.8 Å². The molecule has 2 aliphatic heterocycles. The third kappa shape index (κ3) is 3.19. The second kappa shape index (κ2) is 6.96. The van der Waals surface area contributed by atoms with Gasteiger partial charge in [-0.15, -0.1) is 0 Å². The highest BCUT2D eigenvalue weighted by atomic mass is 16.5.